The highest BCUT2D eigenvalue weighted by Crippen LogP contribution is 2.25. The average molecular weight is 321 g/mol. The molecule has 0 spiro atoms. The fourth-order valence-corrected chi connectivity index (χ4v) is 1.90. The molecule has 0 aliphatic heterocycles. The smallest absolute Gasteiger partial charge is 0.275 e. The van der Waals surface area contributed by atoms with E-state index in [0.29, 0.717) is 0 Å². The molecular formula is C13H13BrN4O. The number of hydrogen-bond donors (Lipinski definition) is 2. The van der Waals surface area contributed by atoms with E-state index in [4.69, 9.17) is 5.73 Å². The highest BCUT2D eigenvalue weighted by atomic mass is 79.9. The molecule has 0 saturated heterocycles. The van der Waals surface area contributed by atoms with Gasteiger partial charge < -0.3 is 11.1 Å². The van der Waals surface area contributed by atoms with Crippen LogP contribution in [0.5, 0.6) is 0 Å². The molecule has 1 aromatic heterocycles. The van der Waals surface area contributed by atoms with Crippen LogP contribution >= 0.6 is 15.9 Å². The number of nitrogens with two attached hydrogens (primary N) is 1. The van der Waals surface area contributed by atoms with Crippen LogP contribution in [0.2, 0.25) is 0 Å². The third-order valence-electron chi connectivity index (χ3n) is 2.60. The molecule has 0 saturated carbocycles. The van der Waals surface area contributed by atoms with Crippen molar-refractivity contribution in [3.63, 3.8) is 0 Å². The molecular weight excluding hydrogens is 308 g/mol. The number of benzene rings is 1. The number of carbonyl (C=O) groups is 1. The van der Waals surface area contributed by atoms with Gasteiger partial charge in [-0.25, -0.2) is 9.97 Å². The minimum Gasteiger partial charge on any atom is -0.382 e. The maximum atomic E-state index is 12.0. The summed E-state index contributed by atoms with van der Waals surface area (Å²) in [6, 6.07) is 3.78. The SMILES string of the molecule is Cc1cc(NC(=O)c2cnc(N)cn2)cc(C)c1Br. The topological polar surface area (TPSA) is 80.9 Å². The number of anilines is 2. The van der Waals surface area contributed by atoms with Gasteiger partial charge in [0.1, 0.15) is 11.5 Å². The van der Waals surface area contributed by atoms with E-state index >= 15 is 0 Å². The fourth-order valence-electron chi connectivity index (χ4n) is 1.67. The van der Waals surface area contributed by atoms with Crippen molar-refractivity contribution in [3.05, 3.63) is 45.8 Å². The predicted molar refractivity (Wildman–Crippen MR) is 78.0 cm³/mol. The van der Waals surface area contributed by atoms with E-state index in [2.05, 4.69) is 31.2 Å². The highest BCUT2D eigenvalue weighted by molar-refractivity contribution is 9.10. The first kappa shape index (κ1) is 13.5. The second kappa shape index (κ2) is 5.36. The second-order valence-corrected chi connectivity index (χ2v) is 5.00. The van der Waals surface area contributed by atoms with Gasteiger partial charge in [-0.15, -0.1) is 0 Å². The Labute approximate surface area is 119 Å². The summed E-state index contributed by atoms with van der Waals surface area (Å²) < 4.78 is 1.04. The largest absolute Gasteiger partial charge is 0.382 e. The summed E-state index contributed by atoms with van der Waals surface area (Å²) in [6.45, 7) is 3.94. The Hall–Kier alpha value is -1.95. The van der Waals surface area contributed by atoms with E-state index in [1.54, 1.807) is 0 Å². The summed E-state index contributed by atoms with van der Waals surface area (Å²) in [6.07, 6.45) is 2.70. The van der Waals surface area contributed by atoms with Gasteiger partial charge in [-0.2, -0.15) is 0 Å². The van der Waals surface area contributed by atoms with E-state index in [-0.39, 0.29) is 17.4 Å². The van der Waals surface area contributed by atoms with Crippen LogP contribution in [-0.4, -0.2) is 15.9 Å². The van der Waals surface area contributed by atoms with Crippen molar-refractivity contribution in [3.8, 4) is 0 Å². The standard InChI is InChI=1S/C13H13BrN4O/c1-7-3-9(4-8(2)12(7)14)18-13(19)10-5-17-11(15)6-16-10/h3-6H,1-2H3,(H2,15,17)(H,18,19). The molecule has 0 bridgehead atoms. The molecule has 0 atom stereocenters. The summed E-state index contributed by atoms with van der Waals surface area (Å²) in [4.78, 5) is 19.7. The zero-order valence-electron chi connectivity index (χ0n) is 10.6. The van der Waals surface area contributed by atoms with Crippen molar-refractivity contribution in [2.24, 2.45) is 0 Å². The van der Waals surface area contributed by atoms with Crippen molar-refractivity contribution in [1.82, 2.24) is 9.97 Å². The number of nitrogens with zero attached hydrogens (tertiary/aromatic N) is 2. The molecule has 5 nitrogen and oxygen atoms in total. The molecule has 0 unspecified atom stereocenters. The predicted octanol–water partition coefficient (Wildman–Crippen LogP) is 2.69. The molecule has 2 aromatic rings. The van der Waals surface area contributed by atoms with Gasteiger partial charge in [-0.3, -0.25) is 4.79 Å². The molecule has 3 N–H and O–H groups in total. The van der Waals surface area contributed by atoms with Crippen LogP contribution in [0.1, 0.15) is 21.6 Å². The van der Waals surface area contributed by atoms with Gasteiger partial charge in [0, 0.05) is 10.2 Å². The van der Waals surface area contributed by atoms with Crippen molar-refractivity contribution in [2.75, 3.05) is 11.1 Å². The second-order valence-electron chi connectivity index (χ2n) is 4.20. The van der Waals surface area contributed by atoms with Gasteiger partial charge in [0.15, 0.2) is 0 Å². The summed E-state index contributed by atoms with van der Waals surface area (Å²) in [5.41, 5.74) is 8.49. The lowest BCUT2D eigenvalue weighted by atomic mass is 10.1. The van der Waals surface area contributed by atoms with E-state index < -0.39 is 0 Å². The van der Waals surface area contributed by atoms with Crippen molar-refractivity contribution in [2.45, 2.75) is 13.8 Å². The molecule has 2 rings (SSSR count). The molecule has 0 radical (unpaired) electrons. The number of aryl methyl sites for hydroxylation is 2. The Morgan fingerprint density at radius 2 is 1.84 bits per heavy atom. The van der Waals surface area contributed by atoms with Crippen LogP contribution in [-0.2, 0) is 0 Å². The maximum Gasteiger partial charge on any atom is 0.275 e. The number of nitrogen functional groups attached to an aromatic ring is 1. The van der Waals surface area contributed by atoms with Gasteiger partial charge in [-0.05, 0) is 37.1 Å². The molecule has 6 heteroatoms. The van der Waals surface area contributed by atoms with Crippen molar-refractivity contribution < 1.29 is 4.79 Å². The lowest BCUT2D eigenvalue weighted by molar-refractivity contribution is 0.102. The Morgan fingerprint density at radius 3 is 2.37 bits per heavy atom. The molecule has 1 heterocycles. The lowest BCUT2D eigenvalue weighted by Gasteiger charge is -2.09. The van der Waals surface area contributed by atoms with Gasteiger partial charge in [0.05, 0.1) is 12.4 Å². The lowest BCUT2D eigenvalue weighted by Crippen LogP contribution is -2.14. The molecule has 0 aliphatic carbocycles. The van der Waals surface area contributed by atoms with Crippen molar-refractivity contribution >= 4 is 33.3 Å². The maximum absolute atomic E-state index is 12.0. The molecule has 19 heavy (non-hydrogen) atoms. The van der Waals surface area contributed by atoms with E-state index in [0.717, 1.165) is 21.3 Å². The molecule has 0 aliphatic rings. The minimum absolute atomic E-state index is 0.229. The van der Waals surface area contributed by atoms with Crippen LogP contribution in [0.15, 0.2) is 29.0 Å². The number of hydrogen-bond acceptors (Lipinski definition) is 4. The number of rotatable bonds is 2. The van der Waals surface area contributed by atoms with Gasteiger partial charge in [0.2, 0.25) is 0 Å². The quantitative estimate of drug-likeness (QED) is 0.891. The summed E-state index contributed by atoms with van der Waals surface area (Å²) in [7, 11) is 0. The first-order chi connectivity index (χ1) is 8.97. The Kier molecular flexibility index (Phi) is 3.80. The van der Waals surface area contributed by atoms with E-state index in [1.165, 1.54) is 12.4 Å². The van der Waals surface area contributed by atoms with Crippen molar-refractivity contribution in [1.29, 1.82) is 0 Å². The zero-order chi connectivity index (χ0) is 14.0. The Balaban J connectivity index is 2.22. The number of aromatic nitrogens is 2. The average Bonchev–Trinajstić information content (AvgIpc) is 2.36. The number of nitrogens with one attached hydrogen (secondary N) is 1. The molecule has 98 valence electrons. The molecule has 1 aromatic carbocycles. The van der Waals surface area contributed by atoms with Crippen LogP contribution < -0.4 is 11.1 Å². The van der Waals surface area contributed by atoms with Crippen LogP contribution in [0, 0.1) is 13.8 Å². The summed E-state index contributed by atoms with van der Waals surface area (Å²) in [5.74, 6) is -0.0273. The number of amides is 1. The number of carbonyl (C=O) groups excluding carboxylic acids is 1. The molecule has 0 fully saturated rings. The van der Waals surface area contributed by atoms with Crippen LogP contribution in [0.25, 0.3) is 0 Å². The summed E-state index contributed by atoms with van der Waals surface area (Å²) >= 11 is 3.48. The highest BCUT2D eigenvalue weighted by Gasteiger charge is 2.09. The normalized spacial score (nSPS) is 10.3. The first-order valence-corrected chi connectivity index (χ1v) is 6.42. The Morgan fingerprint density at radius 1 is 1.21 bits per heavy atom. The minimum atomic E-state index is -0.311. The van der Waals surface area contributed by atoms with Gasteiger partial charge in [-0.1, -0.05) is 15.9 Å². The van der Waals surface area contributed by atoms with Gasteiger partial charge >= 0.3 is 0 Å². The van der Waals surface area contributed by atoms with E-state index in [1.807, 2.05) is 26.0 Å². The Bertz CT molecular complexity index is 602. The monoisotopic (exact) mass is 320 g/mol. The third kappa shape index (κ3) is 3.08. The zero-order valence-corrected chi connectivity index (χ0v) is 12.2. The summed E-state index contributed by atoms with van der Waals surface area (Å²) in [5, 5.41) is 2.78. The third-order valence-corrected chi connectivity index (χ3v) is 3.85. The fraction of sp³-hybridized carbons (Fsp3) is 0.154. The molecule has 1 amide bonds. The number of halogens is 1. The van der Waals surface area contributed by atoms with E-state index in [9.17, 15) is 4.79 Å². The van der Waals surface area contributed by atoms with Gasteiger partial charge in [0.25, 0.3) is 5.91 Å². The van der Waals surface area contributed by atoms with Crippen LogP contribution in [0.4, 0.5) is 11.5 Å². The van der Waals surface area contributed by atoms with Crippen LogP contribution in [0.3, 0.4) is 0 Å². The first-order valence-electron chi connectivity index (χ1n) is 5.63.